The molecule has 0 amide bonds. The molecule has 0 aromatic heterocycles. The molecule has 1 rings (SSSR count). The second-order valence-corrected chi connectivity index (χ2v) is 2.94. The number of nitrogens with zero attached hydrogens (tertiary/aromatic N) is 2. The molecule has 1 atom stereocenters. The number of oxime groups is 2. The van der Waals surface area contributed by atoms with E-state index in [0.717, 1.165) is 6.42 Å². The van der Waals surface area contributed by atoms with Crippen LogP contribution in [-0.2, 0) is 0 Å². The van der Waals surface area contributed by atoms with Gasteiger partial charge in [0, 0.05) is 0 Å². The highest BCUT2D eigenvalue weighted by Crippen LogP contribution is 2.19. The first-order valence-electron chi connectivity index (χ1n) is 3.70. The standard InChI is InChI=1S/C7H12N2O2/c1-5-2-3-6(8-10)7(4-5)9-11/h5,10-11H,2-4H2,1H3/b8-6+,9-7+. The minimum Gasteiger partial charge on any atom is -0.411 e. The lowest BCUT2D eigenvalue weighted by Gasteiger charge is -2.18. The lowest BCUT2D eigenvalue weighted by Crippen LogP contribution is -2.23. The molecule has 0 aliphatic heterocycles. The van der Waals surface area contributed by atoms with E-state index in [-0.39, 0.29) is 0 Å². The molecular formula is C7H12N2O2. The highest BCUT2D eigenvalue weighted by molar-refractivity contribution is 6.42. The van der Waals surface area contributed by atoms with E-state index in [0.29, 0.717) is 30.2 Å². The van der Waals surface area contributed by atoms with Gasteiger partial charge in [-0.05, 0) is 25.2 Å². The fraction of sp³-hybridized carbons (Fsp3) is 0.714. The zero-order valence-corrected chi connectivity index (χ0v) is 6.49. The maximum atomic E-state index is 8.51. The highest BCUT2D eigenvalue weighted by Gasteiger charge is 2.20. The van der Waals surface area contributed by atoms with Crippen molar-refractivity contribution in [3.8, 4) is 0 Å². The molecule has 1 unspecified atom stereocenters. The quantitative estimate of drug-likeness (QED) is 0.412. The Kier molecular flexibility index (Phi) is 2.46. The van der Waals surface area contributed by atoms with Crippen molar-refractivity contribution in [2.24, 2.45) is 16.2 Å². The van der Waals surface area contributed by atoms with E-state index in [1.54, 1.807) is 0 Å². The normalized spacial score (nSPS) is 33.0. The predicted octanol–water partition coefficient (Wildman–Crippen LogP) is 1.47. The van der Waals surface area contributed by atoms with Gasteiger partial charge >= 0.3 is 0 Å². The molecule has 1 aliphatic carbocycles. The topological polar surface area (TPSA) is 65.2 Å². The third kappa shape index (κ3) is 1.69. The molecule has 1 saturated carbocycles. The van der Waals surface area contributed by atoms with Crippen molar-refractivity contribution in [2.75, 3.05) is 0 Å². The Bertz CT molecular complexity index is 199. The number of hydrogen-bond donors (Lipinski definition) is 2. The lowest BCUT2D eigenvalue weighted by atomic mass is 9.88. The molecule has 11 heavy (non-hydrogen) atoms. The molecule has 4 nitrogen and oxygen atoms in total. The maximum Gasteiger partial charge on any atom is 0.105 e. The van der Waals surface area contributed by atoms with Crippen molar-refractivity contribution in [1.29, 1.82) is 0 Å². The largest absolute Gasteiger partial charge is 0.411 e. The van der Waals surface area contributed by atoms with Crippen molar-refractivity contribution in [3.05, 3.63) is 0 Å². The molecule has 0 heterocycles. The van der Waals surface area contributed by atoms with Gasteiger partial charge in [-0.3, -0.25) is 0 Å². The van der Waals surface area contributed by atoms with Crippen LogP contribution in [0.4, 0.5) is 0 Å². The van der Waals surface area contributed by atoms with Crippen LogP contribution >= 0.6 is 0 Å². The summed E-state index contributed by atoms with van der Waals surface area (Å²) < 4.78 is 0. The van der Waals surface area contributed by atoms with Gasteiger partial charge in [0.1, 0.15) is 11.4 Å². The van der Waals surface area contributed by atoms with E-state index < -0.39 is 0 Å². The molecule has 0 saturated heterocycles. The zero-order chi connectivity index (χ0) is 8.27. The minimum absolute atomic E-state index is 0.519. The monoisotopic (exact) mass is 156 g/mol. The van der Waals surface area contributed by atoms with Crippen LogP contribution in [0.25, 0.3) is 0 Å². The Morgan fingerprint density at radius 1 is 1.27 bits per heavy atom. The Hall–Kier alpha value is -1.06. The smallest absolute Gasteiger partial charge is 0.105 e. The van der Waals surface area contributed by atoms with E-state index in [9.17, 15) is 0 Å². The van der Waals surface area contributed by atoms with Crippen LogP contribution in [0.5, 0.6) is 0 Å². The molecule has 4 heteroatoms. The van der Waals surface area contributed by atoms with Crippen molar-refractivity contribution in [2.45, 2.75) is 26.2 Å². The van der Waals surface area contributed by atoms with Gasteiger partial charge in [0.15, 0.2) is 0 Å². The van der Waals surface area contributed by atoms with Crippen LogP contribution in [-0.4, -0.2) is 21.8 Å². The first-order valence-corrected chi connectivity index (χ1v) is 3.70. The Balaban J connectivity index is 2.72. The second-order valence-electron chi connectivity index (χ2n) is 2.94. The van der Waals surface area contributed by atoms with Crippen molar-refractivity contribution in [3.63, 3.8) is 0 Å². The van der Waals surface area contributed by atoms with Crippen molar-refractivity contribution >= 4 is 11.4 Å². The average Bonchev–Trinajstić information content (AvgIpc) is 2.04. The Labute approximate surface area is 65.2 Å². The van der Waals surface area contributed by atoms with Crippen LogP contribution in [0.1, 0.15) is 26.2 Å². The van der Waals surface area contributed by atoms with E-state index >= 15 is 0 Å². The van der Waals surface area contributed by atoms with Gasteiger partial charge in [0.2, 0.25) is 0 Å². The summed E-state index contributed by atoms with van der Waals surface area (Å²) in [6.45, 7) is 2.08. The van der Waals surface area contributed by atoms with Crippen LogP contribution in [0.3, 0.4) is 0 Å². The van der Waals surface area contributed by atoms with Gasteiger partial charge in [-0.1, -0.05) is 17.2 Å². The van der Waals surface area contributed by atoms with Gasteiger partial charge in [-0.25, -0.2) is 0 Å². The second kappa shape index (κ2) is 3.37. The highest BCUT2D eigenvalue weighted by atomic mass is 16.4. The Morgan fingerprint density at radius 3 is 2.45 bits per heavy atom. The summed E-state index contributed by atoms with van der Waals surface area (Å²) in [4.78, 5) is 0. The van der Waals surface area contributed by atoms with Gasteiger partial charge in [0.25, 0.3) is 0 Å². The fourth-order valence-electron chi connectivity index (χ4n) is 1.28. The lowest BCUT2D eigenvalue weighted by molar-refractivity contribution is 0.308. The molecule has 62 valence electrons. The van der Waals surface area contributed by atoms with Crippen LogP contribution in [0.15, 0.2) is 10.3 Å². The SMILES string of the molecule is CC1CCC(=N\O)/C(=N/O)C1. The molecule has 2 N–H and O–H groups in total. The van der Waals surface area contributed by atoms with Gasteiger partial charge in [0.05, 0.1) is 0 Å². The molecule has 1 fully saturated rings. The molecule has 1 aliphatic rings. The average molecular weight is 156 g/mol. The van der Waals surface area contributed by atoms with E-state index in [2.05, 4.69) is 17.2 Å². The van der Waals surface area contributed by atoms with E-state index in [1.807, 2.05) is 0 Å². The summed E-state index contributed by atoms with van der Waals surface area (Å²) in [5, 5.41) is 23.1. The molecule has 0 bridgehead atoms. The van der Waals surface area contributed by atoms with Gasteiger partial charge in [-0.15, -0.1) is 0 Å². The first-order chi connectivity index (χ1) is 5.27. The molecule has 0 spiro atoms. The molecular weight excluding hydrogens is 144 g/mol. The van der Waals surface area contributed by atoms with Gasteiger partial charge in [-0.2, -0.15) is 0 Å². The summed E-state index contributed by atoms with van der Waals surface area (Å²) in [6, 6.07) is 0. The van der Waals surface area contributed by atoms with Crippen LogP contribution < -0.4 is 0 Å². The number of hydrogen-bond acceptors (Lipinski definition) is 4. The maximum absolute atomic E-state index is 8.51. The van der Waals surface area contributed by atoms with Gasteiger partial charge < -0.3 is 10.4 Å². The summed E-state index contributed by atoms with van der Waals surface area (Å²) >= 11 is 0. The van der Waals surface area contributed by atoms with Crippen molar-refractivity contribution in [1.82, 2.24) is 0 Å². The van der Waals surface area contributed by atoms with E-state index in [1.165, 1.54) is 0 Å². The van der Waals surface area contributed by atoms with E-state index in [4.69, 9.17) is 10.4 Å². The third-order valence-electron chi connectivity index (χ3n) is 1.99. The number of rotatable bonds is 0. The third-order valence-corrected chi connectivity index (χ3v) is 1.99. The minimum atomic E-state index is 0.519. The predicted molar refractivity (Wildman–Crippen MR) is 41.5 cm³/mol. The summed E-state index contributed by atoms with van der Waals surface area (Å²) in [7, 11) is 0. The molecule has 0 aromatic rings. The summed E-state index contributed by atoms with van der Waals surface area (Å²) in [5.74, 6) is 0.520. The molecule has 0 aromatic carbocycles. The van der Waals surface area contributed by atoms with Crippen molar-refractivity contribution < 1.29 is 10.4 Å². The zero-order valence-electron chi connectivity index (χ0n) is 6.49. The van der Waals surface area contributed by atoms with Crippen LogP contribution in [0, 0.1) is 5.92 Å². The fourth-order valence-corrected chi connectivity index (χ4v) is 1.28. The first kappa shape index (κ1) is 8.04. The Morgan fingerprint density at radius 2 is 1.91 bits per heavy atom. The van der Waals surface area contributed by atoms with Crippen LogP contribution in [0.2, 0.25) is 0 Å². The summed E-state index contributed by atoms with van der Waals surface area (Å²) in [5.41, 5.74) is 1.04. The summed E-state index contributed by atoms with van der Waals surface area (Å²) in [6.07, 6.45) is 2.41. The molecule has 0 radical (unpaired) electrons.